The van der Waals surface area contributed by atoms with Crippen LogP contribution in [0.1, 0.15) is 25.5 Å². The van der Waals surface area contributed by atoms with E-state index in [-0.39, 0.29) is 5.92 Å². The molecule has 1 unspecified atom stereocenters. The molecule has 0 aliphatic heterocycles. The predicted octanol–water partition coefficient (Wildman–Crippen LogP) is 2.33. The molecule has 0 saturated carbocycles. The molecule has 0 radical (unpaired) electrons. The van der Waals surface area contributed by atoms with Crippen molar-refractivity contribution in [2.24, 2.45) is 11.7 Å². The van der Waals surface area contributed by atoms with Gasteiger partial charge in [-0.05, 0) is 23.6 Å². The van der Waals surface area contributed by atoms with E-state index in [1.54, 1.807) is 0 Å². The standard InChI is InChI=1S/C10H13F2NO/c1-5(2)9(13)6-3-7(11)10(14)8(12)4-6/h3-5,9,14H,13H2,1-2H3. The second-order valence-electron chi connectivity index (χ2n) is 3.60. The molecule has 0 saturated heterocycles. The molecule has 2 nitrogen and oxygen atoms in total. The molecule has 1 atom stereocenters. The molecule has 3 N–H and O–H groups in total. The lowest BCUT2D eigenvalue weighted by Gasteiger charge is -2.16. The first-order valence-corrected chi connectivity index (χ1v) is 4.37. The van der Waals surface area contributed by atoms with Gasteiger partial charge in [0.05, 0.1) is 0 Å². The zero-order chi connectivity index (χ0) is 10.9. The van der Waals surface area contributed by atoms with Crippen molar-refractivity contribution in [3.8, 4) is 5.75 Å². The summed E-state index contributed by atoms with van der Waals surface area (Å²) in [6, 6.07) is 1.69. The smallest absolute Gasteiger partial charge is 0.187 e. The summed E-state index contributed by atoms with van der Waals surface area (Å²) in [4.78, 5) is 0. The largest absolute Gasteiger partial charge is 0.503 e. The van der Waals surface area contributed by atoms with Gasteiger partial charge < -0.3 is 10.8 Å². The van der Waals surface area contributed by atoms with E-state index < -0.39 is 23.4 Å². The van der Waals surface area contributed by atoms with Gasteiger partial charge in [0.25, 0.3) is 0 Å². The summed E-state index contributed by atoms with van der Waals surface area (Å²) >= 11 is 0. The molecule has 1 aromatic carbocycles. The van der Waals surface area contributed by atoms with E-state index >= 15 is 0 Å². The molecule has 0 bridgehead atoms. The fourth-order valence-corrected chi connectivity index (χ4v) is 1.16. The normalized spacial score (nSPS) is 13.3. The molecule has 14 heavy (non-hydrogen) atoms. The molecule has 1 rings (SSSR count). The van der Waals surface area contributed by atoms with Crippen molar-refractivity contribution >= 4 is 0 Å². The maximum Gasteiger partial charge on any atom is 0.187 e. The minimum atomic E-state index is -0.976. The number of benzene rings is 1. The van der Waals surface area contributed by atoms with Gasteiger partial charge in [-0.25, -0.2) is 8.78 Å². The Morgan fingerprint density at radius 2 is 1.64 bits per heavy atom. The quantitative estimate of drug-likeness (QED) is 0.771. The molecular weight excluding hydrogens is 188 g/mol. The number of phenols is 1. The van der Waals surface area contributed by atoms with Crippen molar-refractivity contribution in [1.82, 2.24) is 0 Å². The van der Waals surface area contributed by atoms with Gasteiger partial charge in [0.15, 0.2) is 17.4 Å². The Labute approximate surface area is 81.4 Å². The van der Waals surface area contributed by atoms with Gasteiger partial charge >= 0.3 is 0 Å². The monoisotopic (exact) mass is 201 g/mol. The van der Waals surface area contributed by atoms with Gasteiger partial charge in [-0.2, -0.15) is 0 Å². The van der Waals surface area contributed by atoms with Crippen LogP contribution in [0.15, 0.2) is 12.1 Å². The zero-order valence-electron chi connectivity index (χ0n) is 8.09. The van der Waals surface area contributed by atoms with E-state index in [1.807, 2.05) is 13.8 Å². The number of phenolic OH excluding ortho intramolecular Hbond substituents is 1. The minimum absolute atomic E-state index is 0.0818. The third kappa shape index (κ3) is 2.01. The summed E-state index contributed by atoms with van der Waals surface area (Å²) in [5.41, 5.74) is 6.07. The number of hydrogen-bond donors (Lipinski definition) is 2. The molecule has 0 heterocycles. The Hall–Kier alpha value is -1.16. The number of aromatic hydroxyl groups is 1. The van der Waals surface area contributed by atoms with Crippen molar-refractivity contribution in [2.75, 3.05) is 0 Å². The van der Waals surface area contributed by atoms with Gasteiger partial charge in [0.2, 0.25) is 0 Å². The van der Waals surface area contributed by atoms with Crippen LogP contribution in [-0.4, -0.2) is 5.11 Å². The maximum atomic E-state index is 12.9. The zero-order valence-corrected chi connectivity index (χ0v) is 8.09. The highest BCUT2D eigenvalue weighted by atomic mass is 19.1. The Kier molecular flexibility index (Phi) is 3.06. The van der Waals surface area contributed by atoms with Crippen LogP contribution in [0.3, 0.4) is 0 Å². The summed E-state index contributed by atoms with van der Waals surface area (Å²) < 4.78 is 25.8. The van der Waals surface area contributed by atoms with E-state index in [2.05, 4.69) is 0 Å². The third-order valence-electron chi connectivity index (χ3n) is 2.14. The average Bonchev–Trinajstić information content (AvgIpc) is 2.12. The number of halogens is 2. The maximum absolute atomic E-state index is 12.9. The van der Waals surface area contributed by atoms with Crippen LogP contribution in [0.4, 0.5) is 8.78 Å². The van der Waals surface area contributed by atoms with Gasteiger partial charge in [-0.3, -0.25) is 0 Å². The van der Waals surface area contributed by atoms with E-state index in [0.29, 0.717) is 5.56 Å². The first kappa shape index (κ1) is 10.9. The number of nitrogens with two attached hydrogens (primary N) is 1. The van der Waals surface area contributed by atoms with Crippen LogP contribution < -0.4 is 5.73 Å². The first-order valence-electron chi connectivity index (χ1n) is 4.37. The summed E-state index contributed by atoms with van der Waals surface area (Å²) in [7, 11) is 0. The highest BCUT2D eigenvalue weighted by Crippen LogP contribution is 2.26. The Balaban J connectivity index is 3.12. The molecule has 4 heteroatoms. The second-order valence-corrected chi connectivity index (χ2v) is 3.60. The van der Waals surface area contributed by atoms with Crippen molar-refractivity contribution in [1.29, 1.82) is 0 Å². The van der Waals surface area contributed by atoms with Gasteiger partial charge in [0, 0.05) is 6.04 Å². The number of hydrogen-bond acceptors (Lipinski definition) is 2. The van der Waals surface area contributed by atoms with Crippen molar-refractivity contribution < 1.29 is 13.9 Å². The second kappa shape index (κ2) is 3.92. The molecule has 0 spiro atoms. The first-order chi connectivity index (χ1) is 6.43. The molecule has 0 aromatic heterocycles. The summed E-state index contributed by atoms with van der Waals surface area (Å²) in [5.74, 6) is -2.82. The Morgan fingerprint density at radius 3 is 2.00 bits per heavy atom. The van der Waals surface area contributed by atoms with Crippen LogP contribution in [-0.2, 0) is 0 Å². The highest BCUT2D eigenvalue weighted by Gasteiger charge is 2.16. The van der Waals surface area contributed by atoms with Gasteiger partial charge in [0.1, 0.15) is 0 Å². The van der Waals surface area contributed by atoms with Crippen molar-refractivity contribution in [2.45, 2.75) is 19.9 Å². The molecular formula is C10H13F2NO. The summed E-state index contributed by atoms with van der Waals surface area (Å²) in [6.45, 7) is 3.71. The van der Waals surface area contributed by atoms with Crippen molar-refractivity contribution in [3.63, 3.8) is 0 Å². The fraction of sp³-hybridized carbons (Fsp3) is 0.400. The molecule has 0 aliphatic carbocycles. The lowest BCUT2D eigenvalue weighted by molar-refractivity contribution is 0.392. The third-order valence-corrected chi connectivity index (χ3v) is 2.14. The van der Waals surface area contributed by atoms with Gasteiger partial charge in [-0.1, -0.05) is 13.8 Å². The van der Waals surface area contributed by atoms with Gasteiger partial charge in [-0.15, -0.1) is 0 Å². The van der Waals surface area contributed by atoms with Crippen LogP contribution in [0.25, 0.3) is 0 Å². The Morgan fingerprint density at radius 1 is 1.21 bits per heavy atom. The lowest BCUT2D eigenvalue weighted by Crippen LogP contribution is -2.17. The summed E-state index contributed by atoms with van der Waals surface area (Å²) in [6.07, 6.45) is 0. The molecule has 0 amide bonds. The van der Waals surface area contributed by atoms with Crippen LogP contribution >= 0.6 is 0 Å². The number of rotatable bonds is 2. The van der Waals surface area contributed by atoms with Crippen LogP contribution in [0, 0.1) is 17.6 Å². The van der Waals surface area contributed by atoms with Crippen LogP contribution in [0.2, 0.25) is 0 Å². The average molecular weight is 201 g/mol. The van der Waals surface area contributed by atoms with E-state index in [0.717, 1.165) is 12.1 Å². The molecule has 0 aliphatic rings. The fourth-order valence-electron chi connectivity index (χ4n) is 1.16. The molecule has 1 aromatic rings. The topological polar surface area (TPSA) is 46.2 Å². The highest BCUT2D eigenvalue weighted by molar-refractivity contribution is 5.31. The van der Waals surface area contributed by atoms with Crippen molar-refractivity contribution in [3.05, 3.63) is 29.3 Å². The van der Waals surface area contributed by atoms with E-state index in [1.165, 1.54) is 0 Å². The van der Waals surface area contributed by atoms with E-state index in [9.17, 15) is 8.78 Å². The minimum Gasteiger partial charge on any atom is -0.503 e. The van der Waals surface area contributed by atoms with E-state index in [4.69, 9.17) is 10.8 Å². The predicted molar refractivity (Wildman–Crippen MR) is 49.8 cm³/mol. The summed E-state index contributed by atoms with van der Waals surface area (Å²) in [5, 5.41) is 8.86. The van der Waals surface area contributed by atoms with Crippen LogP contribution in [0.5, 0.6) is 5.75 Å². The SMILES string of the molecule is CC(C)C(N)c1cc(F)c(O)c(F)c1. The lowest BCUT2D eigenvalue weighted by atomic mass is 9.97. The molecule has 0 fully saturated rings. The Bertz CT molecular complexity index is 316. The molecule has 78 valence electrons.